The normalized spacial score (nSPS) is 10.9. The molecular weight excluding hydrogens is 368 g/mol. The van der Waals surface area contributed by atoms with Gasteiger partial charge in [-0.25, -0.2) is 9.67 Å². The van der Waals surface area contributed by atoms with Gasteiger partial charge >= 0.3 is 0 Å². The Kier molecular flexibility index (Phi) is 4.72. The first-order chi connectivity index (χ1) is 14.0. The zero-order valence-corrected chi connectivity index (χ0v) is 16.8. The first-order valence-corrected chi connectivity index (χ1v) is 9.17. The van der Waals surface area contributed by atoms with E-state index in [0.29, 0.717) is 23.0 Å². The fraction of sp³-hybridized carbons (Fsp3) is 0.182. The molecule has 4 aromatic rings. The van der Waals surface area contributed by atoms with Crippen LogP contribution in [0.3, 0.4) is 0 Å². The zero-order valence-electron chi connectivity index (χ0n) is 16.8. The lowest BCUT2D eigenvalue weighted by Gasteiger charge is -2.12. The Bertz CT molecular complexity index is 1240. The molecule has 0 aliphatic rings. The third-order valence-corrected chi connectivity index (χ3v) is 5.07. The highest BCUT2D eigenvalue weighted by molar-refractivity contribution is 5.98. The van der Waals surface area contributed by atoms with Crippen LogP contribution in [0.4, 0.5) is 11.5 Å². The van der Waals surface area contributed by atoms with Gasteiger partial charge in [0.1, 0.15) is 23.0 Å². The third-order valence-electron chi connectivity index (χ3n) is 5.07. The average Bonchev–Trinajstić information content (AvgIpc) is 2.96. The molecule has 2 heterocycles. The van der Waals surface area contributed by atoms with Gasteiger partial charge in [-0.3, -0.25) is 9.48 Å². The summed E-state index contributed by atoms with van der Waals surface area (Å²) in [7, 11) is 5.07. The lowest BCUT2D eigenvalue weighted by molar-refractivity contribution is 0.398. The molecule has 2 aromatic carbocycles. The lowest BCUT2D eigenvalue weighted by atomic mass is 10.1. The van der Waals surface area contributed by atoms with Crippen LogP contribution >= 0.6 is 0 Å². The highest BCUT2D eigenvalue weighted by Gasteiger charge is 2.18. The Hall–Kier alpha value is -3.74. The van der Waals surface area contributed by atoms with Gasteiger partial charge in [0.15, 0.2) is 0 Å². The van der Waals surface area contributed by atoms with Gasteiger partial charge in [-0.2, -0.15) is 0 Å². The third kappa shape index (κ3) is 3.10. The van der Waals surface area contributed by atoms with Crippen molar-refractivity contribution in [1.29, 1.82) is 0 Å². The predicted octanol–water partition coefficient (Wildman–Crippen LogP) is 3.79. The fourth-order valence-corrected chi connectivity index (χ4v) is 3.44. The molecule has 7 heteroatoms. The van der Waals surface area contributed by atoms with E-state index in [9.17, 15) is 4.79 Å². The minimum atomic E-state index is -0.148. The summed E-state index contributed by atoms with van der Waals surface area (Å²) in [5.41, 5.74) is 1.92. The first-order valence-electron chi connectivity index (χ1n) is 9.17. The summed E-state index contributed by atoms with van der Waals surface area (Å²) in [4.78, 5) is 17.7. The van der Waals surface area contributed by atoms with Crippen LogP contribution in [-0.4, -0.2) is 28.6 Å². The van der Waals surface area contributed by atoms with E-state index in [1.807, 2.05) is 67.2 Å². The van der Waals surface area contributed by atoms with Gasteiger partial charge in [-0.1, -0.05) is 18.2 Å². The Morgan fingerprint density at radius 3 is 2.45 bits per heavy atom. The van der Waals surface area contributed by atoms with Crippen LogP contribution in [0.2, 0.25) is 0 Å². The average molecular weight is 390 g/mol. The number of hydrogen-bond acceptors (Lipinski definition) is 5. The fourth-order valence-electron chi connectivity index (χ4n) is 3.44. The van der Waals surface area contributed by atoms with Crippen molar-refractivity contribution in [3.63, 3.8) is 0 Å². The number of aromatic nitrogens is 3. The van der Waals surface area contributed by atoms with Crippen molar-refractivity contribution in [1.82, 2.24) is 14.3 Å². The quantitative estimate of drug-likeness (QED) is 0.561. The van der Waals surface area contributed by atoms with Crippen molar-refractivity contribution in [2.24, 2.45) is 7.05 Å². The summed E-state index contributed by atoms with van der Waals surface area (Å²) in [5.74, 6) is 1.89. The molecule has 0 radical (unpaired) electrons. The smallest absolute Gasteiger partial charge is 0.295 e. The second kappa shape index (κ2) is 7.35. The molecule has 7 nitrogen and oxygen atoms in total. The molecule has 2 aromatic heterocycles. The Labute approximate surface area is 168 Å². The number of hydrogen-bond donors (Lipinski definition) is 1. The Morgan fingerprint density at radius 2 is 1.76 bits per heavy atom. The summed E-state index contributed by atoms with van der Waals surface area (Å²) in [5, 5.41) is 4.92. The van der Waals surface area contributed by atoms with Crippen LogP contribution in [0.5, 0.6) is 11.5 Å². The molecule has 0 amide bonds. The Morgan fingerprint density at radius 1 is 1.00 bits per heavy atom. The van der Waals surface area contributed by atoms with E-state index < -0.39 is 0 Å². The number of para-hydroxylation sites is 1. The number of benzene rings is 2. The predicted molar refractivity (Wildman–Crippen MR) is 114 cm³/mol. The molecule has 0 atom stereocenters. The van der Waals surface area contributed by atoms with Crippen LogP contribution in [0.25, 0.3) is 16.5 Å². The first kappa shape index (κ1) is 18.6. The van der Waals surface area contributed by atoms with E-state index >= 15 is 0 Å². The van der Waals surface area contributed by atoms with Gasteiger partial charge in [0.25, 0.3) is 5.56 Å². The summed E-state index contributed by atoms with van der Waals surface area (Å²) in [6.45, 7) is 1.90. The number of nitrogens with one attached hydrogen (secondary N) is 1. The molecular formula is C22H22N4O3. The summed E-state index contributed by atoms with van der Waals surface area (Å²) < 4.78 is 14.3. The van der Waals surface area contributed by atoms with E-state index in [1.54, 1.807) is 25.1 Å². The van der Waals surface area contributed by atoms with Crippen LogP contribution < -0.4 is 20.3 Å². The van der Waals surface area contributed by atoms with Crippen molar-refractivity contribution >= 4 is 22.3 Å². The van der Waals surface area contributed by atoms with E-state index in [-0.39, 0.29) is 5.56 Å². The van der Waals surface area contributed by atoms with Crippen molar-refractivity contribution in [3.05, 3.63) is 70.8 Å². The van der Waals surface area contributed by atoms with E-state index in [1.165, 1.54) is 0 Å². The minimum absolute atomic E-state index is 0.148. The molecule has 148 valence electrons. The molecule has 0 saturated carbocycles. The van der Waals surface area contributed by atoms with Crippen molar-refractivity contribution in [2.45, 2.75) is 6.92 Å². The zero-order chi connectivity index (χ0) is 20.5. The maximum atomic E-state index is 13.2. The van der Waals surface area contributed by atoms with Crippen LogP contribution in [0.15, 0.2) is 59.5 Å². The molecule has 29 heavy (non-hydrogen) atoms. The largest absolute Gasteiger partial charge is 0.497 e. The number of ether oxygens (including phenoxy) is 2. The standard InChI is InChI=1S/C22H22N4O3/c1-14-20(22(27)26(25(14)2)15-8-6-5-7-9-15)24-21-18-12-16(28-3)13-19(29-4)17(18)10-11-23-21/h5-13H,1-4H3,(H,23,24). The highest BCUT2D eigenvalue weighted by Crippen LogP contribution is 2.35. The van der Waals surface area contributed by atoms with Gasteiger partial charge in [0, 0.05) is 30.1 Å². The molecule has 0 aliphatic carbocycles. The van der Waals surface area contributed by atoms with E-state index in [0.717, 1.165) is 22.2 Å². The molecule has 0 aliphatic heterocycles. The SMILES string of the molecule is COc1cc(OC)c2ccnc(Nc3c(C)n(C)n(-c4ccccc4)c3=O)c2c1. The van der Waals surface area contributed by atoms with Gasteiger partial charge in [-0.15, -0.1) is 0 Å². The van der Waals surface area contributed by atoms with Crippen LogP contribution in [0.1, 0.15) is 5.69 Å². The number of nitrogens with zero attached hydrogens (tertiary/aromatic N) is 3. The van der Waals surface area contributed by atoms with Crippen molar-refractivity contribution in [3.8, 4) is 17.2 Å². The minimum Gasteiger partial charge on any atom is -0.497 e. The number of methoxy groups -OCH3 is 2. The molecule has 0 fully saturated rings. The van der Waals surface area contributed by atoms with E-state index in [4.69, 9.17) is 9.47 Å². The van der Waals surface area contributed by atoms with Crippen LogP contribution in [-0.2, 0) is 7.05 Å². The maximum absolute atomic E-state index is 13.2. The lowest BCUT2D eigenvalue weighted by Crippen LogP contribution is -2.20. The summed E-state index contributed by atoms with van der Waals surface area (Å²) in [6, 6.07) is 15.1. The Balaban J connectivity index is 1.88. The van der Waals surface area contributed by atoms with Gasteiger partial charge in [-0.05, 0) is 31.2 Å². The molecule has 0 bridgehead atoms. The van der Waals surface area contributed by atoms with Gasteiger partial charge in [0.2, 0.25) is 0 Å². The number of anilines is 2. The second-order valence-corrected chi connectivity index (χ2v) is 6.65. The summed E-state index contributed by atoms with van der Waals surface area (Å²) in [6.07, 6.45) is 1.69. The highest BCUT2D eigenvalue weighted by atomic mass is 16.5. The maximum Gasteiger partial charge on any atom is 0.295 e. The van der Waals surface area contributed by atoms with Crippen molar-refractivity contribution in [2.75, 3.05) is 19.5 Å². The molecule has 0 unspecified atom stereocenters. The van der Waals surface area contributed by atoms with Gasteiger partial charge < -0.3 is 14.8 Å². The topological polar surface area (TPSA) is 70.3 Å². The number of fused-ring (bicyclic) bond motifs is 1. The monoisotopic (exact) mass is 390 g/mol. The second-order valence-electron chi connectivity index (χ2n) is 6.65. The van der Waals surface area contributed by atoms with Gasteiger partial charge in [0.05, 0.1) is 25.6 Å². The van der Waals surface area contributed by atoms with E-state index in [2.05, 4.69) is 10.3 Å². The molecule has 1 N–H and O–H groups in total. The number of rotatable bonds is 5. The number of pyridine rings is 1. The molecule has 0 spiro atoms. The molecule has 4 rings (SSSR count). The van der Waals surface area contributed by atoms with Crippen LogP contribution in [0, 0.1) is 6.92 Å². The van der Waals surface area contributed by atoms with Crippen molar-refractivity contribution < 1.29 is 9.47 Å². The summed E-state index contributed by atoms with van der Waals surface area (Å²) >= 11 is 0. The molecule has 0 saturated heterocycles.